The number of rotatable bonds is 5. The molecule has 7 nitrogen and oxygen atoms in total. The maximum absolute atomic E-state index is 12.4. The Morgan fingerprint density at radius 1 is 1.14 bits per heavy atom. The minimum Gasteiger partial charge on any atom is -0.854 e. The predicted molar refractivity (Wildman–Crippen MR) is 105 cm³/mol. The summed E-state index contributed by atoms with van der Waals surface area (Å²) in [5.74, 6) is 0.775. The number of carbonyl (C=O) groups is 1. The predicted octanol–water partition coefficient (Wildman–Crippen LogP) is 1.41. The molecule has 0 N–H and O–H groups in total. The van der Waals surface area contributed by atoms with E-state index in [-0.39, 0.29) is 18.1 Å². The number of hydrogen-bond donors (Lipinski definition) is 0. The molecular formula is C20H16N3O4S-. The third-order valence-corrected chi connectivity index (χ3v) is 5.45. The van der Waals surface area contributed by atoms with Crippen molar-refractivity contribution >= 4 is 33.8 Å². The van der Waals surface area contributed by atoms with E-state index in [1.165, 1.54) is 4.57 Å². The molecule has 0 aliphatic carbocycles. The summed E-state index contributed by atoms with van der Waals surface area (Å²) in [6, 6.07) is 14.5. The number of para-hydroxylation sites is 1. The topological polar surface area (TPSA) is 96.6 Å². The Kier molecular flexibility index (Phi) is 4.87. The van der Waals surface area contributed by atoms with Gasteiger partial charge in [-0.1, -0.05) is 24.3 Å². The zero-order valence-corrected chi connectivity index (χ0v) is 15.8. The second-order valence-electron chi connectivity index (χ2n) is 6.37. The Bertz CT molecular complexity index is 1140. The molecule has 1 aliphatic rings. The summed E-state index contributed by atoms with van der Waals surface area (Å²) in [5, 5.41) is 10.9. The normalized spacial score (nSPS) is 16.4. The molecule has 0 bridgehead atoms. The van der Waals surface area contributed by atoms with E-state index in [9.17, 15) is 14.7 Å². The smallest absolute Gasteiger partial charge is 0.261 e. The standard InChI is InChI=1S/C20H17N3O4S/c1-23-17(21-15-5-3-2-4-14(15)19(23)25)11-27-13-8-6-12(7-9-13)10-16-18(24)22-20(26)28-16/h2-9,16H,10-11H2,1H3,(H,22,24,26)/p-1. The Labute approximate surface area is 164 Å². The van der Waals surface area contributed by atoms with Gasteiger partial charge in [-0.15, -0.1) is 11.8 Å². The van der Waals surface area contributed by atoms with Crippen LogP contribution in [0, 0.1) is 0 Å². The maximum atomic E-state index is 12.4. The van der Waals surface area contributed by atoms with Crippen LogP contribution < -0.4 is 15.4 Å². The maximum Gasteiger partial charge on any atom is 0.261 e. The van der Waals surface area contributed by atoms with Gasteiger partial charge >= 0.3 is 0 Å². The zero-order valence-electron chi connectivity index (χ0n) is 15.0. The molecule has 0 spiro atoms. The van der Waals surface area contributed by atoms with Crippen molar-refractivity contribution in [3.05, 3.63) is 70.3 Å². The molecule has 0 radical (unpaired) electrons. The fourth-order valence-corrected chi connectivity index (χ4v) is 3.78. The molecule has 8 heteroatoms. The summed E-state index contributed by atoms with van der Waals surface area (Å²) < 4.78 is 7.26. The van der Waals surface area contributed by atoms with Crippen molar-refractivity contribution in [1.82, 2.24) is 9.55 Å². The van der Waals surface area contributed by atoms with E-state index < -0.39 is 10.5 Å². The summed E-state index contributed by atoms with van der Waals surface area (Å²) in [6.45, 7) is 0.153. The number of hydrogen-bond acceptors (Lipinski definition) is 6. The van der Waals surface area contributed by atoms with Crippen LogP contribution in [0.3, 0.4) is 0 Å². The van der Waals surface area contributed by atoms with Crippen LogP contribution in [0.2, 0.25) is 0 Å². The number of ether oxygens (including phenoxy) is 1. The SMILES string of the molecule is Cn1c(COc2ccc(CC3SC([O-])=NC3=O)cc2)nc2ccccc2c1=O. The van der Waals surface area contributed by atoms with Crippen molar-refractivity contribution in [3.63, 3.8) is 0 Å². The lowest BCUT2D eigenvalue weighted by Crippen LogP contribution is -2.23. The molecule has 3 aromatic rings. The van der Waals surface area contributed by atoms with Gasteiger partial charge in [0.2, 0.25) is 0 Å². The van der Waals surface area contributed by atoms with E-state index in [0.29, 0.717) is 28.9 Å². The fraction of sp³-hybridized carbons (Fsp3) is 0.200. The number of amides is 1. The van der Waals surface area contributed by atoms with Crippen molar-refractivity contribution in [1.29, 1.82) is 0 Å². The van der Waals surface area contributed by atoms with Crippen LogP contribution in [0.15, 0.2) is 58.3 Å². The zero-order chi connectivity index (χ0) is 19.7. The highest BCUT2D eigenvalue weighted by atomic mass is 32.2. The highest BCUT2D eigenvalue weighted by molar-refractivity contribution is 8.14. The van der Waals surface area contributed by atoms with Crippen LogP contribution in [-0.2, 0) is 24.9 Å². The van der Waals surface area contributed by atoms with Crippen LogP contribution >= 0.6 is 11.8 Å². The van der Waals surface area contributed by atoms with Crippen LogP contribution in [0.1, 0.15) is 11.4 Å². The molecule has 0 fully saturated rings. The fourth-order valence-electron chi connectivity index (χ4n) is 2.97. The molecule has 4 rings (SSSR count). The Morgan fingerprint density at radius 3 is 2.61 bits per heavy atom. The Hall–Kier alpha value is -3.13. The lowest BCUT2D eigenvalue weighted by molar-refractivity contribution is -0.205. The van der Waals surface area contributed by atoms with E-state index in [1.807, 2.05) is 24.3 Å². The van der Waals surface area contributed by atoms with Crippen LogP contribution in [-0.4, -0.2) is 25.9 Å². The molecule has 1 amide bonds. The van der Waals surface area contributed by atoms with Crippen molar-refractivity contribution in [2.45, 2.75) is 18.3 Å². The molecule has 1 atom stereocenters. The number of fused-ring (bicyclic) bond motifs is 1. The summed E-state index contributed by atoms with van der Waals surface area (Å²) in [4.78, 5) is 31.9. The second-order valence-corrected chi connectivity index (χ2v) is 7.52. The number of nitrogens with zero attached hydrogens (tertiary/aromatic N) is 3. The quantitative estimate of drug-likeness (QED) is 0.649. The average Bonchev–Trinajstić information content (AvgIpc) is 3.01. The molecule has 142 valence electrons. The lowest BCUT2D eigenvalue weighted by Gasteiger charge is -2.12. The molecule has 2 aromatic carbocycles. The molecule has 1 aromatic heterocycles. The molecule has 28 heavy (non-hydrogen) atoms. The van der Waals surface area contributed by atoms with Gasteiger partial charge in [-0.25, -0.2) is 9.98 Å². The second kappa shape index (κ2) is 7.47. The van der Waals surface area contributed by atoms with E-state index >= 15 is 0 Å². The van der Waals surface area contributed by atoms with Gasteiger partial charge in [0.15, 0.2) is 0 Å². The Morgan fingerprint density at radius 2 is 1.89 bits per heavy atom. The minimum absolute atomic E-state index is 0.113. The molecule has 1 unspecified atom stereocenters. The van der Waals surface area contributed by atoms with Crippen LogP contribution in [0.25, 0.3) is 10.9 Å². The number of aliphatic imine (C=N–C) groups is 1. The first-order chi connectivity index (χ1) is 13.5. The molecular weight excluding hydrogens is 378 g/mol. The highest BCUT2D eigenvalue weighted by Gasteiger charge is 2.24. The lowest BCUT2D eigenvalue weighted by atomic mass is 10.1. The first kappa shape index (κ1) is 18.2. The van der Waals surface area contributed by atoms with Crippen molar-refractivity contribution in [2.75, 3.05) is 0 Å². The van der Waals surface area contributed by atoms with Gasteiger partial charge in [0.1, 0.15) is 18.2 Å². The van der Waals surface area contributed by atoms with E-state index in [1.54, 1.807) is 31.3 Å². The van der Waals surface area contributed by atoms with Crippen molar-refractivity contribution in [2.24, 2.45) is 12.0 Å². The first-order valence-electron chi connectivity index (χ1n) is 8.64. The van der Waals surface area contributed by atoms with Crippen molar-refractivity contribution < 1.29 is 14.6 Å². The Balaban J connectivity index is 1.44. The van der Waals surface area contributed by atoms with Gasteiger partial charge in [0, 0.05) is 12.3 Å². The van der Waals surface area contributed by atoms with Gasteiger partial charge in [-0.2, -0.15) is 0 Å². The van der Waals surface area contributed by atoms with Crippen LogP contribution in [0.5, 0.6) is 5.75 Å². The highest BCUT2D eigenvalue weighted by Crippen LogP contribution is 2.24. The number of benzene rings is 2. The summed E-state index contributed by atoms with van der Waals surface area (Å²) in [5.41, 5.74) is 1.44. The molecule has 0 saturated carbocycles. The third-order valence-electron chi connectivity index (χ3n) is 4.51. The largest absolute Gasteiger partial charge is 0.854 e. The number of thioether (sulfide) groups is 1. The van der Waals surface area contributed by atoms with Gasteiger partial charge < -0.3 is 9.84 Å². The van der Waals surface area contributed by atoms with Crippen LogP contribution in [0.4, 0.5) is 0 Å². The van der Waals surface area contributed by atoms with Gasteiger partial charge in [0.05, 0.1) is 16.2 Å². The van der Waals surface area contributed by atoms with Gasteiger partial charge in [-0.05, 0) is 36.2 Å². The minimum atomic E-state index is -0.449. The summed E-state index contributed by atoms with van der Waals surface area (Å²) >= 11 is 0.957. The molecule has 1 aliphatic heterocycles. The molecule has 2 heterocycles. The van der Waals surface area contributed by atoms with Gasteiger partial charge in [-0.3, -0.25) is 14.2 Å². The van der Waals surface area contributed by atoms with E-state index in [0.717, 1.165) is 17.3 Å². The number of carbonyl (C=O) groups excluding carboxylic acids is 1. The van der Waals surface area contributed by atoms with Crippen molar-refractivity contribution in [3.8, 4) is 5.75 Å². The third kappa shape index (κ3) is 3.63. The van der Waals surface area contributed by atoms with E-state index in [2.05, 4.69) is 9.98 Å². The van der Waals surface area contributed by atoms with E-state index in [4.69, 9.17) is 4.74 Å². The molecule has 0 saturated heterocycles. The summed E-state index contributed by atoms with van der Waals surface area (Å²) in [6.07, 6.45) is 0.444. The first-order valence-corrected chi connectivity index (χ1v) is 9.52. The monoisotopic (exact) mass is 394 g/mol. The summed E-state index contributed by atoms with van der Waals surface area (Å²) in [7, 11) is 1.67. The number of aromatic nitrogens is 2. The average molecular weight is 394 g/mol. The van der Waals surface area contributed by atoms with Gasteiger partial charge in [0.25, 0.3) is 11.5 Å².